The quantitative estimate of drug-likeness (QED) is 0.403. The number of aryl methyl sites for hydroxylation is 2. The van der Waals surface area contributed by atoms with Crippen LogP contribution in [-0.4, -0.2) is 62.1 Å². The lowest BCUT2D eigenvalue weighted by molar-refractivity contribution is -0.0409. The first-order valence-corrected chi connectivity index (χ1v) is 12.3. The van der Waals surface area contributed by atoms with E-state index in [1.165, 1.54) is 12.1 Å². The van der Waals surface area contributed by atoms with Gasteiger partial charge in [-0.05, 0) is 32.9 Å². The van der Waals surface area contributed by atoms with Crippen molar-refractivity contribution in [2.75, 3.05) is 31.2 Å². The molecule has 0 saturated carbocycles. The second kappa shape index (κ2) is 9.38. The number of morpholine rings is 1. The zero-order valence-corrected chi connectivity index (χ0v) is 20.9. The van der Waals surface area contributed by atoms with E-state index in [1.807, 2.05) is 42.7 Å². The van der Waals surface area contributed by atoms with Crippen LogP contribution >= 0.6 is 0 Å². The molecule has 3 aromatic heterocycles. The lowest BCUT2D eigenvalue weighted by atomic mass is 10.1. The molecule has 5 heterocycles. The summed E-state index contributed by atoms with van der Waals surface area (Å²) in [6, 6.07) is 3.43. The third-order valence-corrected chi connectivity index (χ3v) is 6.84. The normalized spacial score (nSPS) is 20.4. The molecule has 192 valence electrons. The van der Waals surface area contributed by atoms with Gasteiger partial charge in [0, 0.05) is 42.4 Å². The molecule has 2 fully saturated rings. The molecule has 4 aromatic rings. The van der Waals surface area contributed by atoms with Crippen LogP contribution in [0, 0.1) is 31.4 Å². The predicted octanol–water partition coefficient (Wildman–Crippen LogP) is 3.79. The molecule has 2 saturated heterocycles. The number of halogens is 2. The van der Waals surface area contributed by atoms with Crippen LogP contribution in [0.25, 0.3) is 22.4 Å². The van der Waals surface area contributed by atoms with Crippen LogP contribution < -0.4 is 4.90 Å². The van der Waals surface area contributed by atoms with E-state index < -0.39 is 11.6 Å². The first-order chi connectivity index (χ1) is 17.8. The minimum atomic E-state index is -0.719. The second-order valence-electron chi connectivity index (χ2n) is 9.80. The average Bonchev–Trinajstić information content (AvgIpc) is 3.30. The van der Waals surface area contributed by atoms with Crippen LogP contribution in [0.2, 0.25) is 0 Å². The fourth-order valence-corrected chi connectivity index (χ4v) is 4.71. The van der Waals surface area contributed by atoms with E-state index in [9.17, 15) is 8.78 Å². The molecule has 9 nitrogen and oxygen atoms in total. The molecule has 11 heteroatoms. The van der Waals surface area contributed by atoms with E-state index in [1.54, 1.807) is 0 Å². The maximum absolute atomic E-state index is 14.9. The Bertz CT molecular complexity index is 1470. The number of hydrogen-bond donors (Lipinski definition) is 0. The topological polar surface area (TPSA) is 91.1 Å². The highest BCUT2D eigenvalue weighted by Gasteiger charge is 2.31. The molecule has 0 N–H and O–H groups in total. The lowest BCUT2D eigenvalue weighted by Gasteiger charge is -2.36. The molecule has 37 heavy (non-hydrogen) atoms. The number of ether oxygens (including phenoxy) is 2. The highest BCUT2D eigenvalue weighted by atomic mass is 19.1. The van der Waals surface area contributed by atoms with Crippen molar-refractivity contribution in [3.8, 4) is 11.3 Å². The number of hydrogen-bond acceptors (Lipinski definition) is 8. The number of rotatable bonds is 5. The van der Waals surface area contributed by atoms with Crippen LogP contribution in [0.4, 0.5) is 14.7 Å². The average molecular weight is 508 g/mol. The van der Waals surface area contributed by atoms with Crippen LogP contribution in [0.15, 0.2) is 30.6 Å². The van der Waals surface area contributed by atoms with Crippen LogP contribution in [0.5, 0.6) is 0 Å². The summed E-state index contributed by atoms with van der Waals surface area (Å²) >= 11 is 0. The number of nitrogens with zero attached hydrogens (tertiary/aromatic N) is 7. The van der Waals surface area contributed by atoms with Crippen molar-refractivity contribution in [2.45, 2.75) is 39.5 Å². The van der Waals surface area contributed by atoms with Crippen LogP contribution in [0.1, 0.15) is 30.0 Å². The van der Waals surface area contributed by atoms with E-state index in [-0.39, 0.29) is 23.5 Å². The maximum Gasteiger partial charge on any atom is 0.228 e. The Hall–Kier alpha value is -3.57. The molecule has 2 aliphatic heterocycles. The molecule has 6 rings (SSSR count). The van der Waals surface area contributed by atoms with Crippen molar-refractivity contribution < 1.29 is 18.3 Å². The Morgan fingerprint density at radius 1 is 1.03 bits per heavy atom. The zero-order valence-electron chi connectivity index (χ0n) is 20.9. The van der Waals surface area contributed by atoms with Gasteiger partial charge in [-0.2, -0.15) is 10.1 Å². The highest BCUT2D eigenvalue weighted by molar-refractivity contribution is 5.88. The van der Waals surface area contributed by atoms with E-state index >= 15 is 0 Å². The second-order valence-corrected chi connectivity index (χ2v) is 9.80. The van der Waals surface area contributed by atoms with Crippen molar-refractivity contribution in [1.29, 1.82) is 0 Å². The smallest absolute Gasteiger partial charge is 0.228 e. The van der Waals surface area contributed by atoms with Crippen LogP contribution in [-0.2, 0) is 16.0 Å². The van der Waals surface area contributed by atoms with Gasteiger partial charge in [0.1, 0.15) is 28.9 Å². The van der Waals surface area contributed by atoms with Crippen molar-refractivity contribution in [2.24, 2.45) is 5.92 Å². The van der Waals surface area contributed by atoms with Gasteiger partial charge in [0.05, 0.1) is 43.4 Å². The molecule has 2 aliphatic rings. The SMILES string of the molecule is Cc1nc2nc(N3C[C@H](C)O[C@@H](c4cnn(CC5COC5)c4)C3)nc(-c3ccc(F)cc3F)c2nc1C. The van der Waals surface area contributed by atoms with E-state index in [2.05, 4.69) is 15.1 Å². The Morgan fingerprint density at radius 2 is 1.84 bits per heavy atom. The van der Waals surface area contributed by atoms with Gasteiger partial charge in [0.25, 0.3) is 0 Å². The summed E-state index contributed by atoms with van der Waals surface area (Å²) in [7, 11) is 0. The fraction of sp³-hybridized carbons (Fsp3) is 0.423. The minimum absolute atomic E-state index is 0.113. The molecule has 0 radical (unpaired) electrons. The third-order valence-electron chi connectivity index (χ3n) is 6.84. The molecule has 0 spiro atoms. The molecule has 0 bridgehead atoms. The minimum Gasteiger partial charge on any atom is -0.381 e. The van der Waals surface area contributed by atoms with Crippen molar-refractivity contribution in [3.63, 3.8) is 0 Å². The van der Waals surface area contributed by atoms with Gasteiger partial charge in [-0.15, -0.1) is 0 Å². The Balaban J connectivity index is 1.37. The van der Waals surface area contributed by atoms with Crippen molar-refractivity contribution >= 4 is 17.1 Å². The number of benzene rings is 1. The summed E-state index contributed by atoms with van der Waals surface area (Å²) in [6.07, 6.45) is 3.49. The molecule has 0 amide bonds. The molecule has 2 atom stereocenters. The Labute approximate surface area is 212 Å². The fourth-order valence-electron chi connectivity index (χ4n) is 4.71. The molecular formula is C26H27F2N7O2. The Morgan fingerprint density at radius 3 is 2.59 bits per heavy atom. The predicted molar refractivity (Wildman–Crippen MR) is 132 cm³/mol. The molecule has 1 aromatic carbocycles. The molecule has 0 unspecified atom stereocenters. The summed E-state index contributed by atoms with van der Waals surface area (Å²) in [5, 5.41) is 4.51. The van der Waals surface area contributed by atoms with Crippen LogP contribution in [0.3, 0.4) is 0 Å². The lowest BCUT2D eigenvalue weighted by Crippen LogP contribution is -2.43. The summed E-state index contributed by atoms with van der Waals surface area (Å²) in [4.78, 5) is 20.7. The van der Waals surface area contributed by atoms with Crippen molar-refractivity contribution in [1.82, 2.24) is 29.7 Å². The Kier molecular flexibility index (Phi) is 6.04. The van der Waals surface area contributed by atoms with E-state index in [0.717, 1.165) is 37.1 Å². The third kappa shape index (κ3) is 4.64. The highest BCUT2D eigenvalue weighted by Crippen LogP contribution is 2.32. The van der Waals surface area contributed by atoms with Gasteiger partial charge in [0.2, 0.25) is 5.95 Å². The van der Waals surface area contributed by atoms with Crippen molar-refractivity contribution in [3.05, 3.63) is 59.2 Å². The molecule has 0 aliphatic carbocycles. The summed E-state index contributed by atoms with van der Waals surface area (Å²) < 4.78 is 42.0. The zero-order chi connectivity index (χ0) is 25.7. The molecular weight excluding hydrogens is 480 g/mol. The van der Waals surface area contributed by atoms with E-state index in [4.69, 9.17) is 19.4 Å². The first kappa shape index (κ1) is 23.8. The maximum atomic E-state index is 14.9. The summed E-state index contributed by atoms with van der Waals surface area (Å²) in [5.74, 6) is -0.500. The van der Waals surface area contributed by atoms with Gasteiger partial charge in [0.15, 0.2) is 5.65 Å². The van der Waals surface area contributed by atoms with Gasteiger partial charge in [-0.1, -0.05) is 0 Å². The number of anilines is 1. The standard InChI is InChI=1S/C26H27F2N7O2/c1-14-8-34(11-22(37-14)18-7-29-35(10-18)9-17-12-36-13-17)26-32-23(20-5-4-19(27)6-21(20)28)24-25(33-26)31-16(3)15(2)30-24/h4-7,10,14,17,22H,8-9,11-13H2,1-3H3/t14-,22+/m0/s1. The van der Waals surface area contributed by atoms with Gasteiger partial charge < -0.3 is 14.4 Å². The summed E-state index contributed by atoms with van der Waals surface area (Å²) in [5.41, 5.74) is 3.53. The van der Waals surface area contributed by atoms with Gasteiger partial charge in [-0.25, -0.2) is 23.7 Å². The summed E-state index contributed by atoms with van der Waals surface area (Å²) in [6.45, 7) is 9.02. The van der Waals surface area contributed by atoms with Gasteiger partial charge in [-0.3, -0.25) is 4.68 Å². The number of fused-ring (bicyclic) bond motifs is 1. The first-order valence-electron chi connectivity index (χ1n) is 12.3. The monoisotopic (exact) mass is 507 g/mol. The largest absolute Gasteiger partial charge is 0.381 e. The van der Waals surface area contributed by atoms with E-state index in [0.29, 0.717) is 41.8 Å². The van der Waals surface area contributed by atoms with Gasteiger partial charge >= 0.3 is 0 Å². The number of aromatic nitrogens is 6.